The van der Waals surface area contributed by atoms with Crippen molar-refractivity contribution in [3.63, 3.8) is 0 Å². The fraction of sp³-hybridized carbons (Fsp3) is 0.421. The maximum Gasteiger partial charge on any atom is 0.225 e. The van der Waals surface area contributed by atoms with E-state index in [4.69, 9.17) is 0 Å². The predicted octanol–water partition coefficient (Wildman–Crippen LogP) is 1.72. The SMILES string of the molecule is CC(=O)NC1CN(c2nccc(Cc3cc4c(cn3)ncn4C(C)C)n2)C1. The van der Waals surface area contributed by atoms with Crippen molar-refractivity contribution in [2.75, 3.05) is 18.0 Å². The molecule has 1 aliphatic rings. The highest BCUT2D eigenvalue weighted by atomic mass is 16.1. The summed E-state index contributed by atoms with van der Waals surface area (Å²) in [5.74, 6) is 0.693. The molecule has 0 saturated carbocycles. The normalized spacial score (nSPS) is 14.6. The molecule has 3 aromatic rings. The zero-order valence-electron chi connectivity index (χ0n) is 15.8. The number of fused-ring (bicyclic) bond motifs is 1. The number of carbonyl (C=O) groups excluding carboxylic acids is 1. The fourth-order valence-electron chi connectivity index (χ4n) is 3.32. The lowest BCUT2D eigenvalue weighted by Gasteiger charge is -2.39. The van der Waals surface area contributed by atoms with E-state index in [1.165, 1.54) is 6.92 Å². The summed E-state index contributed by atoms with van der Waals surface area (Å²) in [7, 11) is 0. The van der Waals surface area contributed by atoms with Gasteiger partial charge < -0.3 is 14.8 Å². The predicted molar refractivity (Wildman–Crippen MR) is 103 cm³/mol. The maximum atomic E-state index is 11.1. The summed E-state index contributed by atoms with van der Waals surface area (Å²) in [5.41, 5.74) is 3.87. The largest absolute Gasteiger partial charge is 0.350 e. The van der Waals surface area contributed by atoms with Gasteiger partial charge in [0.25, 0.3) is 0 Å². The molecular formula is C19H23N7O. The second-order valence-electron chi connectivity index (χ2n) is 7.24. The van der Waals surface area contributed by atoms with Crippen molar-refractivity contribution in [3.8, 4) is 0 Å². The zero-order chi connectivity index (χ0) is 19.0. The highest BCUT2D eigenvalue weighted by molar-refractivity contribution is 5.75. The molecule has 0 unspecified atom stereocenters. The lowest BCUT2D eigenvalue weighted by atomic mass is 10.1. The van der Waals surface area contributed by atoms with E-state index in [2.05, 4.69) is 54.6 Å². The quantitative estimate of drug-likeness (QED) is 0.741. The molecule has 140 valence electrons. The number of nitrogens with zero attached hydrogens (tertiary/aromatic N) is 6. The molecule has 0 spiro atoms. The van der Waals surface area contributed by atoms with Crippen LogP contribution in [-0.2, 0) is 11.2 Å². The average molecular weight is 365 g/mol. The molecule has 1 fully saturated rings. The molecule has 1 amide bonds. The van der Waals surface area contributed by atoms with E-state index >= 15 is 0 Å². The number of nitrogens with one attached hydrogen (secondary N) is 1. The number of carbonyl (C=O) groups is 1. The van der Waals surface area contributed by atoms with Gasteiger partial charge in [-0.05, 0) is 26.0 Å². The number of amides is 1. The third kappa shape index (κ3) is 3.60. The summed E-state index contributed by atoms with van der Waals surface area (Å²) >= 11 is 0. The van der Waals surface area contributed by atoms with Crippen molar-refractivity contribution >= 4 is 22.9 Å². The zero-order valence-corrected chi connectivity index (χ0v) is 15.8. The molecule has 0 radical (unpaired) electrons. The molecule has 8 nitrogen and oxygen atoms in total. The van der Waals surface area contributed by atoms with E-state index in [0.29, 0.717) is 18.4 Å². The van der Waals surface area contributed by atoms with Gasteiger partial charge in [-0.1, -0.05) is 0 Å². The molecule has 0 atom stereocenters. The van der Waals surface area contributed by atoms with Crippen LogP contribution in [0.4, 0.5) is 5.95 Å². The molecule has 8 heteroatoms. The minimum atomic E-state index is -0.00331. The van der Waals surface area contributed by atoms with Crippen molar-refractivity contribution in [3.05, 3.63) is 42.2 Å². The first-order valence-corrected chi connectivity index (χ1v) is 9.15. The van der Waals surface area contributed by atoms with Gasteiger partial charge in [0.15, 0.2) is 0 Å². The Morgan fingerprint density at radius 2 is 2.07 bits per heavy atom. The molecule has 4 heterocycles. The van der Waals surface area contributed by atoms with Gasteiger partial charge in [-0.3, -0.25) is 9.78 Å². The first-order valence-electron chi connectivity index (χ1n) is 9.15. The van der Waals surface area contributed by atoms with Crippen LogP contribution in [0.2, 0.25) is 0 Å². The van der Waals surface area contributed by atoms with Gasteiger partial charge >= 0.3 is 0 Å². The molecule has 4 rings (SSSR count). The lowest BCUT2D eigenvalue weighted by molar-refractivity contribution is -0.119. The Labute approximate surface area is 157 Å². The number of imidazole rings is 1. The van der Waals surface area contributed by atoms with E-state index < -0.39 is 0 Å². The van der Waals surface area contributed by atoms with Crippen LogP contribution in [0, 0.1) is 0 Å². The number of anilines is 1. The second-order valence-corrected chi connectivity index (χ2v) is 7.24. The van der Waals surface area contributed by atoms with E-state index in [-0.39, 0.29) is 11.9 Å². The average Bonchev–Trinajstić information content (AvgIpc) is 3.01. The van der Waals surface area contributed by atoms with E-state index in [1.54, 1.807) is 6.20 Å². The molecule has 0 bridgehead atoms. The van der Waals surface area contributed by atoms with Crippen molar-refractivity contribution in [1.82, 2.24) is 29.8 Å². The summed E-state index contributed by atoms with van der Waals surface area (Å²) in [5, 5.41) is 2.91. The summed E-state index contributed by atoms with van der Waals surface area (Å²) in [6.45, 7) is 7.29. The van der Waals surface area contributed by atoms with Crippen molar-refractivity contribution < 1.29 is 4.79 Å². The first-order chi connectivity index (χ1) is 13.0. The Kier molecular flexibility index (Phi) is 4.47. The van der Waals surface area contributed by atoms with Crippen LogP contribution in [0.5, 0.6) is 0 Å². The number of hydrogen-bond donors (Lipinski definition) is 1. The number of pyridine rings is 1. The van der Waals surface area contributed by atoms with Crippen LogP contribution in [-0.4, -0.2) is 49.5 Å². The molecule has 27 heavy (non-hydrogen) atoms. The molecule has 0 aromatic carbocycles. The van der Waals surface area contributed by atoms with Gasteiger partial charge in [0, 0.05) is 44.4 Å². The van der Waals surface area contributed by atoms with Gasteiger partial charge in [-0.25, -0.2) is 15.0 Å². The second kappa shape index (κ2) is 6.94. The van der Waals surface area contributed by atoms with Crippen LogP contribution in [0.1, 0.15) is 38.2 Å². The van der Waals surface area contributed by atoms with Crippen molar-refractivity contribution in [2.24, 2.45) is 0 Å². The number of hydrogen-bond acceptors (Lipinski definition) is 6. The Morgan fingerprint density at radius 1 is 1.26 bits per heavy atom. The van der Waals surface area contributed by atoms with E-state index in [0.717, 1.165) is 35.5 Å². The van der Waals surface area contributed by atoms with Gasteiger partial charge in [0.2, 0.25) is 11.9 Å². The Balaban J connectivity index is 1.49. The summed E-state index contributed by atoms with van der Waals surface area (Å²) in [6.07, 6.45) is 6.09. The summed E-state index contributed by atoms with van der Waals surface area (Å²) in [6, 6.07) is 4.52. The highest BCUT2D eigenvalue weighted by Gasteiger charge is 2.29. The minimum absolute atomic E-state index is 0.00331. The Hall–Kier alpha value is -3.03. The smallest absolute Gasteiger partial charge is 0.225 e. The van der Waals surface area contributed by atoms with Gasteiger partial charge in [0.05, 0.1) is 29.8 Å². The van der Waals surface area contributed by atoms with Crippen LogP contribution in [0.15, 0.2) is 30.9 Å². The van der Waals surface area contributed by atoms with Crippen LogP contribution >= 0.6 is 0 Å². The number of rotatable bonds is 5. The van der Waals surface area contributed by atoms with Crippen molar-refractivity contribution in [2.45, 2.75) is 39.3 Å². The fourth-order valence-corrected chi connectivity index (χ4v) is 3.32. The maximum absolute atomic E-state index is 11.1. The molecule has 1 saturated heterocycles. The van der Waals surface area contributed by atoms with E-state index in [1.807, 2.05) is 18.6 Å². The molecular weight excluding hydrogens is 342 g/mol. The molecule has 0 aliphatic carbocycles. The first kappa shape index (κ1) is 17.4. The van der Waals surface area contributed by atoms with E-state index in [9.17, 15) is 4.79 Å². The van der Waals surface area contributed by atoms with Crippen LogP contribution in [0.25, 0.3) is 11.0 Å². The van der Waals surface area contributed by atoms with Gasteiger partial charge in [0.1, 0.15) is 5.52 Å². The highest BCUT2D eigenvalue weighted by Crippen LogP contribution is 2.20. The Bertz CT molecular complexity index is 975. The Morgan fingerprint density at radius 3 is 2.81 bits per heavy atom. The lowest BCUT2D eigenvalue weighted by Crippen LogP contribution is -2.59. The molecule has 3 aromatic heterocycles. The minimum Gasteiger partial charge on any atom is -0.350 e. The topological polar surface area (TPSA) is 88.8 Å². The standard InChI is InChI=1S/C19H23N7O/c1-12(2)26-11-22-17-8-21-15(7-18(17)26)6-14-4-5-20-19(24-14)25-9-16(10-25)23-13(3)27/h4-5,7-8,11-12,16H,6,9-10H2,1-3H3,(H,23,27). The summed E-state index contributed by atoms with van der Waals surface area (Å²) < 4.78 is 2.15. The molecule has 1 N–H and O–H groups in total. The van der Waals surface area contributed by atoms with Gasteiger partial charge in [-0.2, -0.15) is 0 Å². The van der Waals surface area contributed by atoms with Crippen LogP contribution < -0.4 is 10.2 Å². The number of aromatic nitrogens is 5. The van der Waals surface area contributed by atoms with Crippen molar-refractivity contribution in [1.29, 1.82) is 0 Å². The van der Waals surface area contributed by atoms with Crippen LogP contribution in [0.3, 0.4) is 0 Å². The van der Waals surface area contributed by atoms with Gasteiger partial charge in [-0.15, -0.1) is 0 Å². The third-order valence-corrected chi connectivity index (χ3v) is 4.71. The summed E-state index contributed by atoms with van der Waals surface area (Å²) in [4.78, 5) is 31.1. The third-order valence-electron chi connectivity index (χ3n) is 4.71. The monoisotopic (exact) mass is 365 g/mol. The molecule has 1 aliphatic heterocycles.